The fourth-order valence-corrected chi connectivity index (χ4v) is 3.43. The summed E-state index contributed by atoms with van der Waals surface area (Å²) in [4.78, 5) is 9.33. The first-order valence-electron chi connectivity index (χ1n) is 7.45. The minimum Gasteiger partial charge on any atom is -0.506 e. The third-order valence-electron chi connectivity index (χ3n) is 3.88. The highest BCUT2D eigenvalue weighted by Crippen LogP contribution is 2.27. The van der Waals surface area contributed by atoms with Crippen LogP contribution in [0, 0.1) is 0 Å². The molecule has 1 aromatic carbocycles. The van der Waals surface area contributed by atoms with Gasteiger partial charge in [-0.3, -0.25) is 4.90 Å². The Hall–Kier alpha value is -1.59. The standard InChI is InChI=1S/C16H21N3OS/c1-2-16-17-13(12-21-16)11-18-7-9-19(10-8-18)14-5-3-4-6-15(14)20/h3-6,12,20H,2,7-11H2,1H3. The summed E-state index contributed by atoms with van der Waals surface area (Å²) < 4.78 is 0. The van der Waals surface area contributed by atoms with Gasteiger partial charge in [-0.1, -0.05) is 19.1 Å². The molecule has 5 heteroatoms. The summed E-state index contributed by atoms with van der Waals surface area (Å²) in [5.41, 5.74) is 2.13. The molecule has 0 radical (unpaired) electrons. The van der Waals surface area contributed by atoms with E-state index < -0.39 is 0 Å². The number of hydrogen-bond donors (Lipinski definition) is 1. The lowest BCUT2D eigenvalue weighted by molar-refractivity contribution is 0.247. The number of piperazine rings is 1. The number of nitrogens with zero attached hydrogens (tertiary/aromatic N) is 3. The molecule has 1 aliphatic heterocycles. The number of aromatic nitrogens is 1. The number of rotatable bonds is 4. The normalized spacial score (nSPS) is 16.3. The quantitative estimate of drug-likeness (QED) is 0.943. The molecule has 2 heterocycles. The van der Waals surface area contributed by atoms with E-state index in [-0.39, 0.29) is 0 Å². The second-order valence-electron chi connectivity index (χ2n) is 5.34. The third-order valence-corrected chi connectivity index (χ3v) is 4.92. The van der Waals surface area contributed by atoms with Crippen LogP contribution < -0.4 is 4.90 Å². The number of anilines is 1. The van der Waals surface area contributed by atoms with E-state index in [4.69, 9.17) is 0 Å². The van der Waals surface area contributed by atoms with E-state index in [1.54, 1.807) is 17.4 Å². The van der Waals surface area contributed by atoms with Crippen LogP contribution in [0.1, 0.15) is 17.6 Å². The predicted octanol–water partition coefficient (Wildman–Crippen LogP) is 2.73. The molecule has 3 rings (SSSR count). The van der Waals surface area contributed by atoms with Gasteiger partial charge in [0, 0.05) is 38.1 Å². The zero-order valence-electron chi connectivity index (χ0n) is 12.3. The fraction of sp³-hybridized carbons (Fsp3) is 0.438. The number of aromatic hydroxyl groups is 1. The van der Waals surface area contributed by atoms with Crippen molar-refractivity contribution < 1.29 is 5.11 Å². The molecule has 2 aromatic rings. The largest absolute Gasteiger partial charge is 0.506 e. The molecule has 1 saturated heterocycles. The summed E-state index contributed by atoms with van der Waals surface area (Å²) in [5, 5.41) is 13.3. The van der Waals surface area contributed by atoms with E-state index in [1.165, 1.54) is 10.7 Å². The monoisotopic (exact) mass is 303 g/mol. The van der Waals surface area contributed by atoms with E-state index in [0.29, 0.717) is 5.75 Å². The van der Waals surface area contributed by atoms with Gasteiger partial charge in [0.1, 0.15) is 5.75 Å². The lowest BCUT2D eigenvalue weighted by Crippen LogP contribution is -2.46. The Balaban J connectivity index is 1.56. The molecule has 1 aromatic heterocycles. The summed E-state index contributed by atoms with van der Waals surface area (Å²) in [6.45, 7) is 6.99. The van der Waals surface area contributed by atoms with Crippen molar-refractivity contribution in [1.82, 2.24) is 9.88 Å². The zero-order chi connectivity index (χ0) is 14.7. The summed E-state index contributed by atoms with van der Waals surface area (Å²) >= 11 is 1.76. The molecule has 1 N–H and O–H groups in total. The van der Waals surface area contributed by atoms with Gasteiger partial charge in [0.25, 0.3) is 0 Å². The van der Waals surface area contributed by atoms with E-state index >= 15 is 0 Å². The van der Waals surface area contributed by atoms with E-state index in [0.717, 1.165) is 44.8 Å². The van der Waals surface area contributed by atoms with Crippen molar-refractivity contribution in [2.75, 3.05) is 31.1 Å². The molecule has 0 unspecified atom stereocenters. The highest BCUT2D eigenvalue weighted by Gasteiger charge is 2.19. The van der Waals surface area contributed by atoms with Crippen LogP contribution in [-0.2, 0) is 13.0 Å². The van der Waals surface area contributed by atoms with Crippen LogP contribution >= 0.6 is 11.3 Å². The maximum atomic E-state index is 9.93. The Bertz CT molecular complexity index is 591. The third kappa shape index (κ3) is 3.36. The van der Waals surface area contributed by atoms with Crippen molar-refractivity contribution in [2.45, 2.75) is 19.9 Å². The molecular weight excluding hydrogens is 282 g/mol. The Morgan fingerprint density at radius 2 is 1.95 bits per heavy atom. The second-order valence-corrected chi connectivity index (χ2v) is 6.28. The van der Waals surface area contributed by atoms with Gasteiger partial charge in [-0.25, -0.2) is 4.98 Å². The molecule has 0 bridgehead atoms. The first-order chi connectivity index (χ1) is 10.3. The van der Waals surface area contributed by atoms with Crippen LogP contribution in [0.2, 0.25) is 0 Å². The Morgan fingerprint density at radius 1 is 1.19 bits per heavy atom. The SMILES string of the molecule is CCc1nc(CN2CCN(c3ccccc3O)CC2)cs1. The van der Waals surface area contributed by atoms with Gasteiger partial charge in [0.15, 0.2) is 0 Å². The molecule has 112 valence electrons. The van der Waals surface area contributed by atoms with E-state index in [1.807, 2.05) is 18.2 Å². The average Bonchev–Trinajstić information content (AvgIpc) is 2.96. The number of phenols is 1. The number of thiazole rings is 1. The van der Waals surface area contributed by atoms with Gasteiger partial charge in [-0.05, 0) is 18.6 Å². The van der Waals surface area contributed by atoms with Crippen molar-refractivity contribution in [1.29, 1.82) is 0 Å². The van der Waals surface area contributed by atoms with Gasteiger partial charge in [0.05, 0.1) is 16.4 Å². The lowest BCUT2D eigenvalue weighted by atomic mass is 10.2. The van der Waals surface area contributed by atoms with Crippen molar-refractivity contribution in [3.05, 3.63) is 40.3 Å². The van der Waals surface area contributed by atoms with Crippen molar-refractivity contribution in [3.8, 4) is 5.75 Å². The van der Waals surface area contributed by atoms with Crippen molar-refractivity contribution in [3.63, 3.8) is 0 Å². The summed E-state index contributed by atoms with van der Waals surface area (Å²) in [7, 11) is 0. The van der Waals surface area contributed by atoms with Gasteiger partial charge in [-0.15, -0.1) is 11.3 Å². The molecule has 1 fully saturated rings. The minimum absolute atomic E-state index is 0.373. The Labute approximate surface area is 129 Å². The summed E-state index contributed by atoms with van der Waals surface area (Å²) in [5.74, 6) is 0.373. The highest BCUT2D eigenvalue weighted by molar-refractivity contribution is 7.09. The number of aryl methyl sites for hydroxylation is 1. The van der Waals surface area contributed by atoms with Gasteiger partial charge in [0.2, 0.25) is 0 Å². The first-order valence-corrected chi connectivity index (χ1v) is 8.33. The Kier molecular flexibility index (Phi) is 4.41. The molecule has 0 aliphatic carbocycles. The van der Waals surface area contributed by atoms with Gasteiger partial charge < -0.3 is 10.0 Å². The highest BCUT2D eigenvalue weighted by atomic mass is 32.1. The van der Waals surface area contributed by atoms with Crippen LogP contribution in [0.25, 0.3) is 0 Å². The first kappa shape index (κ1) is 14.4. The van der Waals surface area contributed by atoms with Crippen LogP contribution in [0.15, 0.2) is 29.6 Å². The van der Waals surface area contributed by atoms with E-state index in [2.05, 4.69) is 27.1 Å². The number of benzene rings is 1. The van der Waals surface area contributed by atoms with Crippen LogP contribution in [0.3, 0.4) is 0 Å². The maximum absolute atomic E-state index is 9.93. The molecule has 4 nitrogen and oxygen atoms in total. The molecule has 0 saturated carbocycles. The smallest absolute Gasteiger partial charge is 0.138 e. The van der Waals surface area contributed by atoms with Gasteiger partial charge >= 0.3 is 0 Å². The van der Waals surface area contributed by atoms with Crippen molar-refractivity contribution in [2.24, 2.45) is 0 Å². The van der Waals surface area contributed by atoms with Gasteiger partial charge in [-0.2, -0.15) is 0 Å². The molecule has 0 amide bonds. The molecule has 0 atom stereocenters. The van der Waals surface area contributed by atoms with Crippen LogP contribution in [0.5, 0.6) is 5.75 Å². The molecule has 21 heavy (non-hydrogen) atoms. The molecule has 0 spiro atoms. The van der Waals surface area contributed by atoms with E-state index in [9.17, 15) is 5.11 Å². The number of para-hydroxylation sites is 2. The van der Waals surface area contributed by atoms with Crippen LogP contribution in [-0.4, -0.2) is 41.2 Å². The zero-order valence-corrected chi connectivity index (χ0v) is 13.1. The minimum atomic E-state index is 0.373. The van der Waals surface area contributed by atoms with Crippen molar-refractivity contribution >= 4 is 17.0 Å². The molecular formula is C16H21N3OS. The Morgan fingerprint density at radius 3 is 2.62 bits per heavy atom. The fourth-order valence-electron chi connectivity index (χ4n) is 2.69. The summed E-state index contributed by atoms with van der Waals surface area (Å²) in [6, 6.07) is 7.58. The lowest BCUT2D eigenvalue weighted by Gasteiger charge is -2.36. The number of phenolic OH excluding ortho intramolecular Hbond substituents is 1. The van der Waals surface area contributed by atoms with Crippen LogP contribution in [0.4, 0.5) is 5.69 Å². The molecule has 1 aliphatic rings. The number of hydrogen-bond acceptors (Lipinski definition) is 5. The second kappa shape index (κ2) is 6.45. The predicted molar refractivity (Wildman–Crippen MR) is 87.1 cm³/mol. The summed E-state index contributed by atoms with van der Waals surface area (Å²) in [6.07, 6.45) is 1.02. The average molecular weight is 303 g/mol. The maximum Gasteiger partial charge on any atom is 0.138 e. The topological polar surface area (TPSA) is 39.6 Å².